The molecule has 0 spiro atoms. The Balaban J connectivity index is 1.84. The first-order valence-corrected chi connectivity index (χ1v) is 9.30. The maximum Gasteiger partial charge on any atom is 0.331 e. The minimum absolute atomic E-state index is 0.0849. The summed E-state index contributed by atoms with van der Waals surface area (Å²) in [4.78, 5) is 23.2. The molecule has 142 valence electrons. The molecule has 0 aliphatic heterocycles. The molecule has 0 fully saturated rings. The lowest BCUT2D eigenvalue weighted by atomic mass is 10.2. The van der Waals surface area contributed by atoms with Gasteiger partial charge in [0.2, 0.25) is 10.0 Å². The van der Waals surface area contributed by atoms with Gasteiger partial charge in [-0.3, -0.25) is 4.79 Å². The summed E-state index contributed by atoms with van der Waals surface area (Å²) in [5.74, 6) is -1.98. The summed E-state index contributed by atoms with van der Waals surface area (Å²) >= 11 is 5.63. The van der Waals surface area contributed by atoms with Crippen molar-refractivity contribution in [2.24, 2.45) is 5.14 Å². The number of primary sulfonamides is 1. The van der Waals surface area contributed by atoms with Gasteiger partial charge in [0.25, 0.3) is 5.91 Å². The van der Waals surface area contributed by atoms with Gasteiger partial charge in [0.1, 0.15) is 5.82 Å². The fourth-order valence-corrected chi connectivity index (χ4v) is 2.59. The maximum atomic E-state index is 13.0. The molecule has 2 aromatic carbocycles. The molecule has 0 aromatic heterocycles. The lowest BCUT2D eigenvalue weighted by molar-refractivity contribution is -0.142. The molecule has 7 nitrogen and oxygen atoms in total. The molecule has 2 rings (SSSR count). The van der Waals surface area contributed by atoms with Crippen molar-refractivity contribution in [1.29, 1.82) is 0 Å². The zero-order chi connectivity index (χ0) is 20.0. The number of benzene rings is 2. The number of hydrogen-bond donors (Lipinski definition) is 2. The van der Waals surface area contributed by atoms with E-state index in [2.05, 4.69) is 5.32 Å². The normalized spacial score (nSPS) is 11.4. The first-order valence-electron chi connectivity index (χ1n) is 7.38. The van der Waals surface area contributed by atoms with Crippen molar-refractivity contribution in [2.75, 3.05) is 11.9 Å². The van der Waals surface area contributed by atoms with Gasteiger partial charge in [-0.15, -0.1) is 0 Å². The Morgan fingerprint density at radius 2 is 1.85 bits per heavy atom. The van der Waals surface area contributed by atoms with E-state index in [-0.39, 0.29) is 9.92 Å². The molecule has 3 N–H and O–H groups in total. The number of nitrogens with one attached hydrogen (secondary N) is 1. The van der Waals surface area contributed by atoms with Crippen LogP contribution in [0.5, 0.6) is 0 Å². The third-order valence-corrected chi connectivity index (χ3v) is 4.39. The number of amides is 1. The summed E-state index contributed by atoms with van der Waals surface area (Å²) < 4.78 is 40.1. The van der Waals surface area contributed by atoms with Gasteiger partial charge in [0, 0.05) is 11.8 Å². The molecule has 0 radical (unpaired) electrons. The van der Waals surface area contributed by atoms with Crippen LogP contribution >= 0.6 is 11.6 Å². The van der Waals surface area contributed by atoms with Crippen molar-refractivity contribution in [1.82, 2.24) is 0 Å². The molecule has 27 heavy (non-hydrogen) atoms. The molecular formula is C17H14ClFN2O5S. The number of hydrogen-bond acceptors (Lipinski definition) is 5. The van der Waals surface area contributed by atoms with E-state index in [1.165, 1.54) is 42.5 Å². The first-order chi connectivity index (χ1) is 12.6. The van der Waals surface area contributed by atoms with Crippen LogP contribution in [0.25, 0.3) is 6.08 Å². The quantitative estimate of drug-likeness (QED) is 0.558. The Bertz CT molecular complexity index is 991. The molecule has 0 saturated heterocycles. The highest BCUT2D eigenvalue weighted by Crippen LogP contribution is 2.17. The van der Waals surface area contributed by atoms with Gasteiger partial charge in [0.15, 0.2) is 6.61 Å². The SMILES string of the molecule is NS(=O)(=O)c1ccc(NC(=O)COC(=O)/C=C/c2ccc(F)c(Cl)c2)cc1. The minimum Gasteiger partial charge on any atom is -0.452 e. The second-order valence-electron chi connectivity index (χ2n) is 5.23. The minimum atomic E-state index is -3.82. The Morgan fingerprint density at radius 3 is 2.44 bits per heavy atom. The van der Waals surface area contributed by atoms with Gasteiger partial charge in [-0.05, 0) is 48.0 Å². The summed E-state index contributed by atoms with van der Waals surface area (Å²) in [5, 5.41) is 7.31. The lowest BCUT2D eigenvalue weighted by Crippen LogP contribution is -2.20. The third kappa shape index (κ3) is 6.48. The predicted molar refractivity (Wildman–Crippen MR) is 97.8 cm³/mol. The van der Waals surface area contributed by atoms with Gasteiger partial charge < -0.3 is 10.1 Å². The van der Waals surface area contributed by atoms with E-state index in [0.717, 1.165) is 12.1 Å². The number of halogens is 2. The largest absolute Gasteiger partial charge is 0.452 e. The zero-order valence-corrected chi connectivity index (χ0v) is 15.3. The van der Waals surface area contributed by atoms with Crippen molar-refractivity contribution < 1.29 is 27.1 Å². The van der Waals surface area contributed by atoms with Crippen LogP contribution in [0.2, 0.25) is 5.02 Å². The molecule has 0 aliphatic rings. The standard InChI is InChI=1S/C17H14ClFN2O5S/c18-14-9-11(1-7-15(14)19)2-8-17(23)26-10-16(22)21-12-3-5-13(6-4-12)27(20,24)25/h1-9H,10H2,(H,21,22)(H2,20,24,25)/b8-2+. The third-order valence-electron chi connectivity index (χ3n) is 3.17. The second-order valence-corrected chi connectivity index (χ2v) is 7.20. The average molecular weight is 413 g/mol. The lowest BCUT2D eigenvalue weighted by Gasteiger charge is -2.06. The molecule has 0 atom stereocenters. The van der Waals surface area contributed by atoms with Gasteiger partial charge >= 0.3 is 5.97 Å². The van der Waals surface area contributed by atoms with Crippen molar-refractivity contribution in [2.45, 2.75) is 4.90 Å². The number of anilines is 1. The number of carbonyl (C=O) groups is 2. The molecule has 2 aromatic rings. The highest BCUT2D eigenvalue weighted by molar-refractivity contribution is 7.89. The van der Waals surface area contributed by atoms with Crippen molar-refractivity contribution in [3.63, 3.8) is 0 Å². The average Bonchev–Trinajstić information content (AvgIpc) is 2.60. The summed E-state index contributed by atoms with van der Waals surface area (Å²) in [5.41, 5.74) is 0.790. The Labute approximate surface area is 159 Å². The predicted octanol–water partition coefficient (Wildman–Crippen LogP) is 2.32. The van der Waals surface area contributed by atoms with Crippen molar-refractivity contribution in [3.8, 4) is 0 Å². The fourth-order valence-electron chi connectivity index (χ4n) is 1.89. The van der Waals surface area contributed by atoms with E-state index in [0.29, 0.717) is 11.3 Å². The van der Waals surface area contributed by atoms with Gasteiger partial charge in [0.05, 0.1) is 9.92 Å². The Kier molecular flexibility index (Phi) is 6.67. The van der Waals surface area contributed by atoms with Crippen LogP contribution in [0.4, 0.5) is 10.1 Å². The molecule has 0 aliphatic carbocycles. The smallest absolute Gasteiger partial charge is 0.331 e. The molecule has 0 saturated carbocycles. The number of esters is 1. The Hall–Kier alpha value is -2.75. The van der Waals surface area contributed by atoms with Crippen LogP contribution in [-0.4, -0.2) is 26.9 Å². The van der Waals surface area contributed by atoms with Crippen molar-refractivity contribution in [3.05, 3.63) is 64.9 Å². The fraction of sp³-hybridized carbons (Fsp3) is 0.0588. The summed E-state index contributed by atoms with van der Waals surface area (Å²) in [6.07, 6.45) is 2.43. The van der Waals surface area contributed by atoms with Crippen molar-refractivity contribution >= 4 is 45.3 Å². The first kappa shape index (κ1) is 20.6. The number of sulfonamides is 1. The molecule has 0 heterocycles. The number of nitrogens with two attached hydrogens (primary N) is 1. The number of ether oxygens (including phenoxy) is 1. The molecular weight excluding hydrogens is 399 g/mol. The van der Waals surface area contributed by atoms with Crippen LogP contribution in [0.15, 0.2) is 53.4 Å². The van der Waals surface area contributed by atoms with Crippen LogP contribution in [0.1, 0.15) is 5.56 Å². The van der Waals surface area contributed by atoms with Crippen LogP contribution in [0, 0.1) is 5.82 Å². The summed E-state index contributed by atoms with van der Waals surface area (Å²) in [6.45, 7) is -0.551. The highest BCUT2D eigenvalue weighted by atomic mass is 35.5. The maximum absolute atomic E-state index is 13.0. The van der Waals surface area contributed by atoms with E-state index in [1.807, 2.05) is 0 Å². The van der Waals surface area contributed by atoms with Crippen LogP contribution < -0.4 is 10.5 Å². The van der Waals surface area contributed by atoms with Gasteiger partial charge in [-0.2, -0.15) is 0 Å². The topological polar surface area (TPSA) is 116 Å². The van der Waals surface area contributed by atoms with Gasteiger partial charge in [-0.25, -0.2) is 22.7 Å². The zero-order valence-electron chi connectivity index (χ0n) is 13.7. The molecule has 10 heteroatoms. The van der Waals surface area contributed by atoms with E-state index < -0.39 is 34.3 Å². The monoisotopic (exact) mass is 412 g/mol. The highest BCUT2D eigenvalue weighted by Gasteiger charge is 2.09. The van der Waals surface area contributed by atoms with Crippen LogP contribution in [0.3, 0.4) is 0 Å². The summed E-state index contributed by atoms with van der Waals surface area (Å²) in [7, 11) is -3.82. The number of rotatable bonds is 6. The van der Waals surface area contributed by atoms with Gasteiger partial charge in [-0.1, -0.05) is 17.7 Å². The molecule has 0 unspecified atom stereocenters. The number of carbonyl (C=O) groups excluding carboxylic acids is 2. The van der Waals surface area contributed by atoms with Crippen LogP contribution in [-0.2, 0) is 24.3 Å². The van der Waals surface area contributed by atoms with E-state index in [1.54, 1.807) is 0 Å². The molecule has 1 amide bonds. The van der Waals surface area contributed by atoms with E-state index in [4.69, 9.17) is 21.5 Å². The Morgan fingerprint density at radius 1 is 1.19 bits per heavy atom. The van der Waals surface area contributed by atoms with E-state index in [9.17, 15) is 22.4 Å². The molecule has 0 bridgehead atoms. The summed E-state index contributed by atoms with van der Waals surface area (Å²) in [6, 6.07) is 9.06. The second kappa shape index (κ2) is 8.76. The van der Waals surface area contributed by atoms with E-state index >= 15 is 0 Å².